The predicted octanol–water partition coefficient (Wildman–Crippen LogP) is 2.47. The van der Waals surface area contributed by atoms with E-state index in [0.717, 1.165) is 0 Å². The first-order valence-corrected chi connectivity index (χ1v) is 7.72. The number of hydrogen-bond acceptors (Lipinski definition) is 5. The summed E-state index contributed by atoms with van der Waals surface area (Å²) in [5, 5.41) is 0. The number of methoxy groups -OCH3 is 1. The third-order valence-electron chi connectivity index (χ3n) is 3.60. The number of carbonyl (C=O) groups is 1. The summed E-state index contributed by atoms with van der Waals surface area (Å²) in [6, 6.07) is 5.18. The zero-order valence-electron chi connectivity index (χ0n) is 12.6. The largest absolute Gasteiger partial charge is 0.486 e. The molecule has 3 rings (SSSR count). The lowest BCUT2D eigenvalue weighted by Crippen LogP contribution is -2.27. The van der Waals surface area contributed by atoms with Gasteiger partial charge in [-0.05, 0) is 40.5 Å². The number of ether oxygens (including phenoxy) is 3. The van der Waals surface area contributed by atoms with Gasteiger partial charge in [0.2, 0.25) is 0 Å². The molecule has 7 heteroatoms. The van der Waals surface area contributed by atoms with Gasteiger partial charge in [0.05, 0.1) is 12.8 Å². The Kier molecular flexibility index (Phi) is 4.12. The standard InChI is InChI=1S/C16H14BrNO5/c1-9-11(17)8-18(15(19)14(9)16(20)21-2)10-3-4-12-13(7-10)23-6-5-22-12/h3-4,7-8H,5-6H2,1-2H3. The Bertz CT molecular complexity index is 843. The first-order valence-electron chi connectivity index (χ1n) is 6.93. The molecule has 1 aromatic heterocycles. The third kappa shape index (κ3) is 2.72. The van der Waals surface area contributed by atoms with E-state index in [1.54, 1.807) is 31.3 Å². The molecule has 0 bridgehead atoms. The first kappa shape index (κ1) is 15.6. The Morgan fingerprint density at radius 3 is 2.65 bits per heavy atom. The summed E-state index contributed by atoms with van der Waals surface area (Å²) in [6.07, 6.45) is 1.62. The van der Waals surface area contributed by atoms with Crippen molar-refractivity contribution in [3.63, 3.8) is 0 Å². The van der Waals surface area contributed by atoms with Crippen LogP contribution in [0.5, 0.6) is 11.5 Å². The molecule has 0 spiro atoms. The van der Waals surface area contributed by atoms with Crippen LogP contribution in [0.25, 0.3) is 5.69 Å². The SMILES string of the molecule is COC(=O)c1c(C)c(Br)cn(-c2ccc3c(c2)OCCO3)c1=O. The number of benzene rings is 1. The van der Waals surface area contributed by atoms with Gasteiger partial charge in [0.25, 0.3) is 5.56 Å². The van der Waals surface area contributed by atoms with E-state index in [0.29, 0.717) is 40.4 Å². The Hall–Kier alpha value is -2.28. The quantitative estimate of drug-likeness (QED) is 0.749. The number of hydrogen-bond donors (Lipinski definition) is 0. The molecule has 1 aromatic carbocycles. The number of esters is 1. The second-order valence-corrected chi connectivity index (χ2v) is 5.83. The average Bonchev–Trinajstić information content (AvgIpc) is 2.57. The van der Waals surface area contributed by atoms with Crippen LogP contribution in [0.2, 0.25) is 0 Å². The van der Waals surface area contributed by atoms with Gasteiger partial charge in [0, 0.05) is 16.7 Å². The monoisotopic (exact) mass is 379 g/mol. The molecule has 0 N–H and O–H groups in total. The molecule has 0 aliphatic carbocycles. The van der Waals surface area contributed by atoms with Gasteiger partial charge in [-0.1, -0.05) is 0 Å². The molecule has 0 saturated carbocycles. The fourth-order valence-electron chi connectivity index (χ4n) is 2.39. The van der Waals surface area contributed by atoms with E-state index in [4.69, 9.17) is 14.2 Å². The van der Waals surface area contributed by atoms with Crippen molar-refractivity contribution in [3.8, 4) is 17.2 Å². The van der Waals surface area contributed by atoms with Gasteiger partial charge < -0.3 is 14.2 Å². The number of pyridine rings is 1. The molecule has 0 fully saturated rings. The highest BCUT2D eigenvalue weighted by Crippen LogP contribution is 2.32. The van der Waals surface area contributed by atoms with Crippen LogP contribution in [0, 0.1) is 6.92 Å². The van der Waals surface area contributed by atoms with Crippen LogP contribution in [-0.2, 0) is 4.74 Å². The number of aromatic nitrogens is 1. The van der Waals surface area contributed by atoms with Gasteiger partial charge in [-0.25, -0.2) is 4.79 Å². The lowest BCUT2D eigenvalue weighted by atomic mass is 10.1. The Morgan fingerprint density at radius 1 is 1.26 bits per heavy atom. The molecule has 2 aromatic rings. The van der Waals surface area contributed by atoms with E-state index in [1.807, 2.05) is 0 Å². The zero-order valence-corrected chi connectivity index (χ0v) is 14.2. The van der Waals surface area contributed by atoms with E-state index in [-0.39, 0.29) is 5.56 Å². The van der Waals surface area contributed by atoms with Crippen molar-refractivity contribution in [3.05, 3.63) is 50.3 Å². The smallest absolute Gasteiger partial charge is 0.343 e. The Balaban J connectivity index is 2.19. The maximum Gasteiger partial charge on any atom is 0.343 e. The van der Waals surface area contributed by atoms with Crippen molar-refractivity contribution in [2.45, 2.75) is 6.92 Å². The van der Waals surface area contributed by atoms with E-state index in [1.165, 1.54) is 11.7 Å². The topological polar surface area (TPSA) is 66.8 Å². The number of rotatable bonds is 2. The summed E-state index contributed by atoms with van der Waals surface area (Å²) < 4.78 is 17.7. The van der Waals surface area contributed by atoms with Crippen molar-refractivity contribution < 1.29 is 19.0 Å². The van der Waals surface area contributed by atoms with Crippen LogP contribution in [0.3, 0.4) is 0 Å². The van der Waals surface area contributed by atoms with Crippen LogP contribution >= 0.6 is 15.9 Å². The summed E-state index contributed by atoms with van der Waals surface area (Å²) >= 11 is 3.38. The molecular formula is C16H14BrNO5. The molecule has 0 radical (unpaired) electrons. The summed E-state index contributed by atoms with van der Waals surface area (Å²) in [5.41, 5.74) is 0.659. The minimum atomic E-state index is -0.667. The predicted molar refractivity (Wildman–Crippen MR) is 86.8 cm³/mol. The fourth-order valence-corrected chi connectivity index (χ4v) is 2.79. The number of nitrogens with zero attached hydrogens (tertiary/aromatic N) is 1. The fraction of sp³-hybridized carbons (Fsp3) is 0.250. The van der Waals surface area contributed by atoms with Gasteiger partial charge in [-0.2, -0.15) is 0 Å². The highest BCUT2D eigenvalue weighted by Gasteiger charge is 2.20. The molecule has 0 atom stereocenters. The average molecular weight is 380 g/mol. The maximum atomic E-state index is 12.7. The van der Waals surface area contributed by atoms with Crippen molar-refractivity contribution in [1.82, 2.24) is 4.57 Å². The van der Waals surface area contributed by atoms with Crippen molar-refractivity contribution in [2.75, 3.05) is 20.3 Å². The van der Waals surface area contributed by atoms with Gasteiger partial charge in [-0.3, -0.25) is 9.36 Å². The molecule has 1 aliphatic heterocycles. The number of halogens is 1. The van der Waals surface area contributed by atoms with Crippen molar-refractivity contribution >= 4 is 21.9 Å². The summed E-state index contributed by atoms with van der Waals surface area (Å²) in [6.45, 7) is 2.64. The first-order chi connectivity index (χ1) is 11.0. The molecule has 1 aliphatic rings. The Labute approximate surface area is 140 Å². The van der Waals surface area contributed by atoms with Crippen LogP contribution in [0.1, 0.15) is 15.9 Å². The van der Waals surface area contributed by atoms with Crippen molar-refractivity contribution in [1.29, 1.82) is 0 Å². The maximum absolute atomic E-state index is 12.7. The summed E-state index contributed by atoms with van der Waals surface area (Å²) in [4.78, 5) is 24.6. The zero-order chi connectivity index (χ0) is 16.6. The minimum absolute atomic E-state index is 0.00300. The van der Waals surface area contributed by atoms with Crippen LogP contribution in [0.15, 0.2) is 33.7 Å². The molecule has 0 unspecified atom stereocenters. The molecule has 120 valence electrons. The van der Waals surface area contributed by atoms with Gasteiger partial charge in [-0.15, -0.1) is 0 Å². The molecular weight excluding hydrogens is 366 g/mol. The molecule has 0 amide bonds. The number of fused-ring (bicyclic) bond motifs is 1. The van der Waals surface area contributed by atoms with E-state index in [2.05, 4.69) is 15.9 Å². The molecule has 0 saturated heterocycles. The highest BCUT2D eigenvalue weighted by atomic mass is 79.9. The van der Waals surface area contributed by atoms with Crippen LogP contribution in [0.4, 0.5) is 0 Å². The lowest BCUT2D eigenvalue weighted by Gasteiger charge is -2.19. The van der Waals surface area contributed by atoms with Gasteiger partial charge in [0.1, 0.15) is 18.8 Å². The molecule has 6 nitrogen and oxygen atoms in total. The molecule has 2 heterocycles. The minimum Gasteiger partial charge on any atom is -0.486 e. The second kappa shape index (κ2) is 6.08. The van der Waals surface area contributed by atoms with Gasteiger partial charge in [0.15, 0.2) is 11.5 Å². The van der Waals surface area contributed by atoms with E-state index >= 15 is 0 Å². The van der Waals surface area contributed by atoms with E-state index in [9.17, 15) is 9.59 Å². The second-order valence-electron chi connectivity index (χ2n) is 4.97. The van der Waals surface area contributed by atoms with Crippen molar-refractivity contribution in [2.24, 2.45) is 0 Å². The summed E-state index contributed by atoms with van der Waals surface area (Å²) in [5.74, 6) is 0.532. The van der Waals surface area contributed by atoms with Gasteiger partial charge >= 0.3 is 5.97 Å². The van der Waals surface area contributed by atoms with E-state index < -0.39 is 11.5 Å². The number of carbonyl (C=O) groups excluding carboxylic acids is 1. The molecule has 23 heavy (non-hydrogen) atoms. The third-order valence-corrected chi connectivity index (χ3v) is 4.40. The highest BCUT2D eigenvalue weighted by molar-refractivity contribution is 9.10. The van der Waals surface area contributed by atoms with Crippen LogP contribution < -0.4 is 15.0 Å². The van der Waals surface area contributed by atoms with Crippen LogP contribution in [-0.4, -0.2) is 30.9 Å². The lowest BCUT2D eigenvalue weighted by molar-refractivity contribution is 0.0597. The summed E-state index contributed by atoms with van der Waals surface area (Å²) in [7, 11) is 1.25. The Morgan fingerprint density at radius 2 is 1.96 bits per heavy atom. The normalized spacial score (nSPS) is 12.8.